The zero-order chi connectivity index (χ0) is 7.44. The summed E-state index contributed by atoms with van der Waals surface area (Å²) in [5, 5.41) is 6.84. The predicted molar refractivity (Wildman–Crippen MR) is 36.4 cm³/mol. The van der Waals surface area contributed by atoms with Crippen LogP contribution in [0, 0.1) is 11.3 Å². The maximum Gasteiger partial charge on any atom is 0.133 e. The van der Waals surface area contributed by atoms with Crippen LogP contribution < -0.4 is 5.73 Å². The molecule has 1 atom stereocenters. The lowest BCUT2D eigenvalue weighted by Gasteiger charge is -2.03. The molecule has 0 aliphatic carbocycles. The number of ketones is 1. The van der Waals surface area contributed by atoms with Gasteiger partial charge in [0.2, 0.25) is 0 Å². The van der Waals surface area contributed by atoms with Crippen LogP contribution in [0.3, 0.4) is 0 Å². The molecule has 0 saturated heterocycles. The summed E-state index contributed by atoms with van der Waals surface area (Å²) >= 11 is 0. The van der Waals surface area contributed by atoms with Crippen molar-refractivity contribution in [3.8, 4) is 0 Å². The lowest BCUT2D eigenvalue weighted by molar-refractivity contribution is -0.120. The normalized spacial score (nSPS) is 12.7. The highest BCUT2D eigenvalue weighted by molar-refractivity contribution is 5.85. The number of amidine groups is 1. The molecule has 0 aliphatic rings. The molecule has 9 heavy (non-hydrogen) atoms. The number of hydrogen-bond donors (Lipinski definition) is 2. The Hall–Kier alpha value is -0.860. The zero-order valence-electron chi connectivity index (χ0n) is 5.77. The van der Waals surface area contributed by atoms with E-state index in [1.54, 1.807) is 6.92 Å². The minimum absolute atomic E-state index is 0.0812. The third-order valence-corrected chi connectivity index (χ3v) is 1.22. The van der Waals surface area contributed by atoms with E-state index in [4.69, 9.17) is 11.1 Å². The summed E-state index contributed by atoms with van der Waals surface area (Å²) in [6.07, 6.45) is 0.384. The number of nitrogens with one attached hydrogen (secondary N) is 1. The Balaban J connectivity index is 3.63. The van der Waals surface area contributed by atoms with Crippen LogP contribution in [0.1, 0.15) is 20.3 Å². The highest BCUT2D eigenvalue weighted by Crippen LogP contribution is 2.00. The molecule has 0 aromatic rings. The maximum atomic E-state index is 10.5. The number of hydrogen-bond acceptors (Lipinski definition) is 2. The quantitative estimate of drug-likeness (QED) is 0.430. The molecule has 3 nitrogen and oxygen atoms in total. The van der Waals surface area contributed by atoms with Gasteiger partial charge < -0.3 is 5.73 Å². The first-order valence-electron chi connectivity index (χ1n) is 2.87. The van der Waals surface area contributed by atoms with Gasteiger partial charge in [0.25, 0.3) is 0 Å². The standard InChI is InChI=1S/C6H12N2O/c1-4(5(2)9)3-6(7)8/h4H,3H2,1-2H3,(H3,7,8). The second kappa shape index (κ2) is 3.22. The lowest BCUT2D eigenvalue weighted by atomic mass is 10.0. The number of carbonyl (C=O) groups is 1. The fraction of sp³-hybridized carbons (Fsp3) is 0.667. The van der Waals surface area contributed by atoms with Gasteiger partial charge in [0.15, 0.2) is 0 Å². The first-order valence-corrected chi connectivity index (χ1v) is 2.87. The monoisotopic (exact) mass is 128 g/mol. The van der Waals surface area contributed by atoms with Gasteiger partial charge in [-0.05, 0) is 6.92 Å². The van der Waals surface area contributed by atoms with Gasteiger partial charge in [0, 0.05) is 12.3 Å². The highest BCUT2D eigenvalue weighted by atomic mass is 16.1. The van der Waals surface area contributed by atoms with Crippen LogP contribution >= 0.6 is 0 Å². The average Bonchev–Trinajstić information content (AvgIpc) is 1.63. The van der Waals surface area contributed by atoms with E-state index in [1.165, 1.54) is 6.92 Å². The molecule has 0 spiro atoms. The predicted octanol–water partition coefficient (Wildman–Crippen LogP) is 0.538. The summed E-state index contributed by atoms with van der Waals surface area (Å²) < 4.78 is 0. The van der Waals surface area contributed by atoms with Crippen LogP contribution in [0.15, 0.2) is 0 Å². The average molecular weight is 128 g/mol. The van der Waals surface area contributed by atoms with Gasteiger partial charge in [-0.3, -0.25) is 10.2 Å². The second-order valence-electron chi connectivity index (χ2n) is 2.24. The third-order valence-electron chi connectivity index (χ3n) is 1.22. The number of rotatable bonds is 3. The number of carbonyl (C=O) groups excluding carboxylic acids is 1. The SMILES string of the molecule is CC(=O)C(C)CC(=N)N. The summed E-state index contributed by atoms with van der Waals surface area (Å²) in [4.78, 5) is 10.5. The summed E-state index contributed by atoms with van der Waals surface area (Å²) in [6.45, 7) is 3.28. The third kappa shape index (κ3) is 3.70. The summed E-state index contributed by atoms with van der Waals surface area (Å²) in [6, 6.07) is 0. The van der Waals surface area contributed by atoms with Gasteiger partial charge in [0.05, 0.1) is 5.84 Å². The molecule has 0 fully saturated rings. The first-order chi connectivity index (χ1) is 4.04. The molecule has 0 saturated carbocycles. The molecule has 52 valence electrons. The van der Waals surface area contributed by atoms with Crippen molar-refractivity contribution in [1.29, 1.82) is 5.41 Å². The van der Waals surface area contributed by atoms with E-state index in [-0.39, 0.29) is 17.5 Å². The van der Waals surface area contributed by atoms with Crippen molar-refractivity contribution in [2.45, 2.75) is 20.3 Å². The van der Waals surface area contributed by atoms with Crippen molar-refractivity contribution in [3.63, 3.8) is 0 Å². The van der Waals surface area contributed by atoms with Gasteiger partial charge in [-0.25, -0.2) is 0 Å². The van der Waals surface area contributed by atoms with Crippen LogP contribution in [-0.2, 0) is 4.79 Å². The molecule has 0 amide bonds. The Bertz CT molecular complexity index is 131. The fourth-order valence-electron chi connectivity index (χ4n) is 0.474. The molecule has 0 aromatic carbocycles. The van der Waals surface area contributed by atoms with E-state index in [9.17, 15) is 4.79 Å². The molecular formula is C6H12N2O. The van der Waals surface area contributed by atoms with Crippen molar-refractivity contribution in [2.75, 3.05) is 0 Å². The molecule has 3 N–H and O–H groups in total. The van der Waals surface area contributed by atoms with E-state index in [2.05, 4.69) is 0 Å². The number of nitrogens with two attached hydrogens (primary N) is 1. The summed E-state index contributed by atoms with van der Waals surface area (Å²) in [7, 11) is 0. The van der Waals surface area contributed by atoms with E-state index < -0.39 is 0 Å². The van der Waals surface area contributed by atoms with Crippen molar-refractivity contribution >= 4 is 11.6 Å². The zero-order valence-corrected chi connectivity index (χ0v) is 5.77. The Morgan fingerprint density at radius 1 is 1.78 bits per heavy atom. The smallest absolute Gasteiger partial charge is 0.133 e. The van der Waals surface area contributed by atoms with Crippen molar-refractivity contribution < 1.29 is 4.79 Å². The van der Waals surface area contributed by atoms with Crippen molar-refractivity contribution in [1.82, 2.24) is 0 Å². The van der Waals surface area contributed by atoms with Crippen LogP contribution in [0.25, 0.3) is 0 Å². The summed E-state index contributed by atoms with van der Waals surface area (Å²) in [5.74, 6) is 0.0744. The molecule has 0 rings (SSSR count). The largest absolute Gasteiger partial charge is 0.388 e. The number of Topliss-reactive ketones (excluding diaryl/α,β-unsaturated/α-hetero) is 1. The Kier molecular flexibility index (Phi) is 2.91. The molecule has 0 bridgehead atoms. The van der Waals surface area contributed by atoms with Gasteiger partial charge in [-0.2, -0.15) is 0 Å². The minimum Gasteiger partial charge on any atom is -0.388 e. The van der Waals surface area contributed by atoms with E-state index >= 15 is 0 Å². The summed E-state index contributed by atoms with van der Waals surface area (Å²) in [5.41, 5.74) is 5.06. The molecule has 3 heteroatoms. The Labute approximate surface area is 54.8 Å². The van der Waals surface area contributed by atoms with Crippen LogP contribution in [0.5, 0.6) is 0 Å². The molecule has 0 heterocycles. The molecule has 1 unspecified atom stereocenters. The molecule has 0 aromatic heterocycles. The van der Waals surface area contributed by atoms with Crippen molar-refractivity contribution in [2.24, 2.45) is 11.7 Å². The maximum absolute atomic E-state index is 10.5. The van der Waals surface area contributed by atoms with E-state index in [0.29, 0.717) is 6.42 Å². The van der Waals surface area contributed by atoms with Gasteiger partial charge in [-0.15, -0.1) is 0 Å². The fourth-order valence-corrected chi connectivity index (χ4v) is 0.474. The van der Waals surface area contributed by atoms with Crippen LogP contribution in [-0.4, -0.2) is 11.6 Å². The minimum atomic E-state index is -0.0949. The molecule has 0 radical (unpaired) electrons. The first kappa shape index (κ1) is 8.14. The molecule has 0 aliphatic heterocycles. The lowest BCUT2D eigenvalue weighted by Crippen LogP contribution is -2.17. The van der Waals surface area contributed by atoms with E-state index in [0.717, 1.165) is 0 Å². The highest BCUT2D eigenvalue weighted by Gasteiger charge is 2.07. The topological polar surface area (TPSA) is 66.9 Å². The van der Waals surface area contributed by atoms with E-state index in [1.807, 2.05) is 0 Å². The molecular weight excluding hydrogens is 116 g/mol. The van der Waals surface area contributed by atoms with Gasteiger partial charge in [0.1, 0.15) is 5.78 Å². The second-order valence-corrected chi connectivity index (χ2v) is 2.24. The van der Waals surface area contributed by atoms with Crippen molar-refractivity contribution in [3.05, 3.63) is 0 Å². The van der Waals surface area contributed by atoms with Crippen LogP contribution in [0.2, 0.25) is 0 Å². The Morgan fingerprint density at radius 3 is 2.33 bits per heavy atom. The van der Waals surface area contributed by atoms with Crippen LogP contribution in [0.4, 0.5) is 0 Å². The van der Waals surface area contributed by atoms with Gasteiger partial charge in [-0.1, -0.05) is 6.92 Å². The Morgan fingerprint density at radius 2 is 2.22 bits per heavy atom. The van der Waals surface area contributed by atoms with Gasteiger partial charge >= 0.3 is 0 Å².